The van der Waals surface area contributed by atoms with Crippen LogP contribution in [0.2, 0.25) is 0 Å². The second kappa shape index (κ2) is 8.55. The Bertz CT molecular complexity index is 975. The number of nitriles is 2. The SMILES string of the molecule is CC(C)=C(C#N)N(c1ccc(C)cc1)C(C)(C)C(C#N)=Nc1ccc(C)cc1. The fourth-order valence-electron chi connectivity index (χ4n) is 2.96. The van der Waals surface area contributed by atoms with E-state index in [-0.39, 0.29) is 0 Å². The minimum atomic E-state index is -0.822. The van der Waals surface area contributed by atoms with Crippen molar-refractivity contribution in [2.24, 2.45) is 4.99 Å². The maximum Gasteiger partial charge on any atom is 0.143 e. The molecule has 0 unspecified atom stereocenters. The summed E-state index contributed by atoms with van der Waals surface area (Å²) in [7, 11) is 0. The lowest BCUT2D eigenvalue weighted by Crippen LogP contribution is -2.49. The number of benzene rings is 2. The molecule has 0 amide bonds. The van der Waals surface area contributed by atoms with Gasteiger partial charge < -0.3 is 4.90 Å². The molecule has 2 aromatic rings. The largest absolute Gasteiger partial charge is 0.321 e. The molecule has 0 aliphatic heterocycles. The first kappa shape index (κ1) is 20.9. The van der Waals surface area contributed by atoms with Gasteiger partial charge in [-0.1, -0.05) is 35.4 Å². The third-order valence-corrected chi connectivity index (χ3v) is 4.61. The molecule has 0 fully saturated rings. The summed E-state index contributed by atoms with van der Waals surface area (Å²) in [6, 6.07) is 20.2. The molecule has 28 heavy (non-hydrogen) atoms. The first-order chi connectivity index (χ1) is 13.2. The van der Waals surface area contributed by atoms with Crippen molar-refractivity contribution in [3.8, 4) is 12.1 Å². The molecule has 0 heterocycles. The van der Waals surface area contributed by atoms with E-state index in [0.717, 1.165) is 28.1 Å². The minimum Gasteiger partial charge on any atom is -0.321 e. The molecule has 0 radical (unpaired) electrons. The zero-order chi connectivity index (χ0) is 20.9. The number of rotatable bonds is 5. The highest BCUT2D eigenvalue weighted by molar-refractivity contribution is 6.09. The highest BCUT2D eigenvalue weighted by Gasteiger charge is 2.36. The van der Waals surface area contributed by atoms with Gasteiger partial charge in [-0.15, -0.1) is 0 Å². The molecule has 2 aromatic carbocycles. The fourth-order valence-corrected chi connectivity index (χ4v) is 2.96. The average molecular weight is 371 g/mol. The van der Waals surface area contributed by atoms with Crippen molar-refractivity contribution in [1.29, 1.82) is 10.5 Å². The van der Waals surface area contributed by atoms with E-state index in [0.29, 0.717) is 11.4 Å². The number of hydrogen-bond donors (Lipinski definition) is 0. The lowest BCUT2D eigenvalue weighted by atomic mass is 9.93. The van der Waals surface area contributed by atoms with Crippen molar-refractivity contribution >= 4 is 17.1 Å². The Balaban J connectivity index is 2.66. The van der Waals surface area contributed by atoms with Gasteiger partial charge in [-0.25, -0.2) is 4.99 Å². The molecule has 4 nitrogen and oxygen atoms in total. The van der Waals surface area contributed by atoms with Crippen LogP contribution < -0.4 is 4.90 Å². The topological polar surface area (TPSA) is 63.2 Å². The summed E-state index contributed by atoms with van der Waals surface area (Å²) in [4.78, 5) is 6.51. The van der Waals surface area contributed by atoms with Crippen LogP contribution in [-0.4, -0.2) is 11.3 Å². The van der Waals surface area contributed by atoms with Gasteiger partial charge in [0.15, 0.2) is 0 Å². The number of allylic oxidation sites excluding steroid dienone is 2. The summed E-state index contributed by atoms with van der Waals surface area (Å²) in [5, 5.41) is 19.8. The summed E-state index contributed by atoms with van der Waals surface area (Å²) >= 11 is 0. The third-order valence-electron chi connectivity index (χ3n) is 4.61. The van der Waals surface area contributed by atoms with Gasteiger partial charge in [-0.3, -0.25) is 0 Å². The molecule has 2 rings (SSSR count). The normalized spacial score (nSPS) is 11.4. The summed E-state index contributed by atoms with van der Waals surface area (Å²) in [6.45, 7) is 11.7. The molecule has 0 bridgehead atoms. The Labute approximate surface area is 168 Å². The van der Waals surface area contributed by atoms with Gasteiger partial charge in [-0.05, 0) is 71.4 Å². The quantitative estimate of drug-likeness (QED) is 0.479. The predicted molar refractivity (Wildman–Crippen MR) is 116 cm³/mol. The number of hydrogen-bond acceptors (Lipinski definition) is 4. The van der Waals surface area contributed by atoms with Gasteiger partial charge in [0.25, 0.3) is 0 Å². The zero-order valence-electron chi connectivity index (χ0n) is 17.4. The smallest absolute Gasteiger partial charge is 0.143 e. The second-order valence-corrected chi connectivity index (χ2v) is 7.60. The number of aliphatic imine (C=N–C) groups is 1. The van der Waals surface area contributed by atoms with Gasteiger partial charge in [0.1, 0.15) is 23.5 Å². The molecule has 0 aliphatic carbocycles. The van der Waals surface area contributed by atoms with Gasteiger partial charge in [0.2, 0.25) is 0 Å². The summed E-state index contributed by atoms with van der Waals surface area (Å²) in [6.07, 6.45) is 0. The highest BCUT2D eigenvalue weighted by Crippen LogP contribution is 2.32. The van der Waals surface area contributed by atoms with E-state index in [1.54, 1.807) is 0 Å². The Morgan fingerprint density at radius 1 is 0.857 bits per heavy atom. The Kier molecular flexibility index (Phi) is 6.39. The minimum absolute atomic E-state index is 0.339. The first-order valence-electron chi connectivity index (χ1n) is 9.21. The van der Waals surface area contributed by atoms with Gasteiger partial charge in [-0.2, -0.15) is 10.5 Å². The monoisotopic (exact) mass is 370 g/mol. The molecule has 142 valence electrons. The van der Waals surface area contributed by atoms with Crippen LogP contribution in [0.3, 0.4) is 0 Å². The molecular weight excluding hydrogens is 344 g/mol. The van der Waals surface area contributed by atoms with E-state index < -0.39 is 5.54 Å². The molecule has 4 heteroatoms. The average Bonchev–Trinajstić information content (AvgIpc) is 2.65. The second-order valence-electron chi connectivity index (χ2n) is 7.60. The van der Waals surface area contributed by atoms with Crippen molar-refractivity contribution in [1.82, 2.24) is 0 Å². The van der Waals surface area contributed by atoms with Gasteiger partial charge in [0.05, 0.1) is 11.2 Å². The van der Waals surface area contributed by atoms with E-state index in [4.69, 9.17) is 0 Å². The molecule has 0 aromatic heterocycles. The van der Waals surface area contributed by atoms with Crippen molar-refractivity contribution < 1.29 is 0 Å². The van der Waals surface area contributed by atoms with Crippen molar-refractivity contribution in [2.45, 2.75) is 47.1 Å². The molecule has 0 atom stereocenters. The maximum absolute atomic E-state index is 9.90. The van der Waals surface area contributed by atoms with Gasteiger partial charge >= 0.3 is 0 Å². The molecular formula is C24H26N4. The van der Waals surface area contributed by atoms with Gasteiger partial charge in [0, 0.05) is 5.69 Å². The maximum atomic E-state index is 9.90. The first-order valence-corrected chi connectivity index (χ1v) is 9.21. The molecule has 0 aliphatic rings. The molecule has 0 saturated heterocycles. The van der Waals surface area contributed by atoms with Crippen LogP contribution in [0.1, 0.15) is 38.8 Å². The predicted octanol–water partition coefficient (Wildman–Crippen LogP) is 6.00. The number of nitrogens with zero attached hydrogens (tertiary/aromatic N) is 4. The lowest BCUT2D eigenvalue weighted by molar-refractivity contribution is 0.652. The number of aryl methyl sites for hydroxylation is 2. The van der Waals surface area contributed by atoms with Crippen LogP contribution in [0.4, 0.5) is 11.4 Å². The van der Waals surface area contributed by atoms with E-state index in [2.05, 4.69) is 17.1 Å². The molecule has 0 saturated carbocycles. The zero-order valence-corrected chi connectivity index (χ0v) is 17.4. The van der Waals surface area contributed by atoms with Crippen LogP contribution in [0.5, 0.6) is 0 Å². The standard InChI is InChI=1S/C24H26N4/c1-17(2)22(15-25)28(21-13-9-19(4)10-14-21)24(5,6)23(16-26)27-20-11-7-18(3)8-12-20/h7-14H,1-6H3. The molecule has 0 spiro atoms. The lowest BCUT2D eigenvalue weighted by Gasteiger charge is -2.39. The van der Waals surface area contributed by atoms with Crippen LogP contribution in [0.15, 0.2) is 64.8 Å². The van der Waals surface area contributed by atoms with Crippen molar-refractivity contribution in [2.75, 3.05) is 4.90 Å². The summed E-state index contributed by atoms with van der Waals surface area (Å²) < 4.78 is 0. The summed E-state index contributed by atoms with van der Waals surface area (Å²) in [5.41, 5.74) is 4.74. The van der Waals surface area contributed by atoms with E-state index in [1.807, 2.05) is 95.0 Å². The van der Waals surface area contributed by atoms with E-state index in [9.17, 15) is 10.5 Å². The third kappa shape index (κ3) is 4.48. The highest BCUT2D eigenvalue weighted by atomic mass is 15.2. The van der Waals surface area contributed by atoms with Crippen LogP contribution in [-0.2, 0) is 0 Å². The number of anilines is 1. The van der Waals surface area contributed by atoms with E-state index >= 15 is 0 Å². The van der Waals surface area contributed by atoms with Crippen molar-refractivity contribution in [3.05, 3.63) is 70.9 Å². The Morgan fingerprint density at radius 3 is 1.79 bits per heavy atom. The Hall–Kier alpha value is -3.37. The van der Waals surface area contributed by atoms with Crippen molar-refractivity contribution in [3.63, 3.8) is 0 Å². The van der Waals surface area contributed by atoms with Crippen LogP contribution in [0, 0.1) is 36.5 Å². The fraction of sp³-hybridized carbons (Fsp3) is 0.292. The van der Waals surface area contributed by atoms with E-state index in [1.165, 1.54) is 0 Å². The van der Waals surface area contributed by atoms with Crippen LogP contribution >= 0.6 is 0 Å². The summed E-state index contributed by atoms with van der Waals surface area (Å²) in [5.74, 6) is 0. The Morgan fingerprint density at radius 2 is 1.36 bits per heavy atom. The molecule has 0 N–H and O–H groups in total. The van der Waals surface area contributed by atoms with Crippen LogP contribution in [0.25, 0.3) is 0 Å².